The SMILES string of the molecule is Br.Br.CCCCCCCCCCCCCCCCCC.CCCCCCCCCCCCCCCCCC.c1cc(-c2ccncc2)ccn1. The van der Waals surface area contributed by atoms with Crippen molar-refractivity contribution in [3.8, 4) is 11.1 Å². The highest BCUT2D eigenvalue weighted by Crippen LogP contribution is 2.17. The van der Waals surface area contributed by atoms with Crippen LogP contribution in [0.25, 0.3) is 11.1 Å². The lowest BCUT2D eigenvalue weighted by atomic mass is 10.0. The maximum Gasteiger partial charge on any atom is 0.0273 e. The van der Waals surface area contributed by atoms with E-state index in [1.807, 2.05) is 24.3 Å². The zero-order valence-corrected chi connectivity index (χ0v) is 37.4. The van der Waals surface area contributed by atoms with E-state index in [1.165, 1.54) is 217 Å². The van der Waals surface area contributed by atoms with Crippen LogP contribution in [0.15, 0.2) is 49.1 Å². The molecule has 0 aliphatic heterocycles. The predicted molar refractivity (Wildman–Crippen MR) is 239 cm³/mol. The first-order valence-corrected chi connectivity index (χ1v) is 21.6. The molecule has 50 heavy (non-hydrogen) atoms. The highest BCUT2D eigenvalue weighted by atomic mass is 79.9. The quantitative estimate of drug-likeness (QED) is 0.0708. The number of halogens is 2. The summed E-state index contributed by atoms with van der Waals surface area (Å²) in [6, 6.07) is 7.93. The van der Waals surface area contributed by atoms with Gasteiger partial charge in [0.1, 0.15) is 0 Å². The summed E-state index contributed by atoms with van der Waals surface area (Å²) in [7, 11) is 0. The lowest BCUT2D eigenvalue weighted by molar-refractivity contribution is 0.531. The van der Waals surface area contributed by atoms with Gasteiger partial charge in [0.05, 0.1) is 0 Å². The van der Waals surface area contributed by atoms with E-state index in [4.69, 9.17) is 0 Å². The Bertz CT molecular complexity index is 716. The van der Waals surface area contributed by atoms with E-state index < -0.39 is 0 Å². The third-order valence-electron chi connectivity index (χ3n) is 9.61. The van der Waals surface area contributed by atoms with Crippen LogP contribution in [0.4, 0.5) is 0 Å². The highest BCUT2D eigenvalue weighted by molar-refractivity contribution is 8.93. The summed E-state index contributed by atoms with van der Waals surface area (Å²) in [4.78, 5) is 7.91. The van der Waals surface area contributed by atoms with E-state index in [-0.39, 0.29) is 34.0 Å². The number of pyridine rings is 2. The van der Waals surface area contributed by atoms with Gasteiger partial charge in [0.15, 0.2) is 0 Å². The molecule has 0 N–H and O–H groups in total. The molecule has 0 saturated heterocycles. The van der Waals surface area contributed by atoms with Gasteiger partial charge in [0.2, 0.25) is 0 Å². The van der Waals surface area contributed by atoms with Crippen molar-refractivity contribution in [2.24, 2.45) is 0 Å². The molecule has 0 bridgehead atoms. The average molecular weight is 827 g/mol. The molecule has 294 valence electrons. The molecule has 2 aromatic rings. The molecule has 2 heterocycles. The third kappa shape index (κ3) is 41.7. The van der Waals surface area contributed by atoms with Gasteiger partial charge in [-0.2, -0.15) is 0 Å². The smallest absolute Gasteiger partial charge is 0.0273 e. The topological polar surface area (TPSA) is 25.8 Å². The van der Waals surface area contributed by atoms with Gasteiger partial charge in [-0.3, -0.25) is 9.97 Å². The fourth-order valence-electron chi connectivity index (χ4n) is 6.33. The molecule has 0 saturated carbocycles. The molecule has 2 rings (SSSR count). The van der Waals surface area contributed by atoms with E-state index in [0.29, 0.717) is 0 Å². The van der Waals surface area contributed by atoms with Crippen LogP contribution < -0.4 is 0 Å². The van der Waals surface area contributed by atoms with Crippen LogP contribution in [-0.2, 0) is 0 Å². The first-order valence-electron chi connectivity index (χ1n) is 21.6. The monoisotopic (exact) mass is 825 g/mol. The number of hydrogen-bond donors (Lipinski definition) is 0. The van der Waals surface area contributed by atoms with Crippen LogP contribution in [-0.4, -0.2) is 9.97 Å². The third-order valence-corrected chi connectivity index (χ3v) is 9.61. The van der Waals surface area contributed by atoms with Crippen molar-refractivity contribution in [2.45, 2.75) is 233 Å². The Balaban J connectivity index is -0.000000660. The van der Waals surface area contributed by atoms with E-state index in [0.717, 1.165) is 0 Å². The molecule has 0 atom stereocenters. The number of unbranched alkanes of at least 4 members (excludes halogenated alkanes) is 30. The van der Waals surface area contributed by atoms with Crippen LogP contribution in [0, 0.1) is 0 Å². The molecule has 4 heteroatoms. The Hall–Kier alpha value is -0.740. The van der Waals surface area contributed by atoms with Crippen molar-refractivity contribution in [1.82, 2.24) is 9.97 Å². The van der Waals surface area contributed by atoms with Crippen molar-refractivity contribution >= 4 is 34.0 Å². The van der Waals surface area contributed by atoms with Gasteiger partial charge in [-0.15, -0.1) is 34.0 Å². The Labute approximate surface area is 335 Å². The van der Waals surface area contributed by atoms with Crippen molar-refractivity contribution in [2.75, 3.05) is 0 Å². The van der Waals surface area contributed by atoms with Crippen molar-refractivity contribution < 1.29 is 0 Å². The van der Waals surface area contributed by atoms with Crippen LogP contribution in [0.1, 0.15) is 233 Å². The molecule has 0 aliphatic rings. The van der Waals surface area contributed by atoms with Crippen LogP contribution in [0.3, 0.4) is 0 Å². The van der Waals surface area contributed by atoms with E-state index >= 15 is 0 Å². The zero-order chi connectivity index (χ0) is 34.9. The summed E-state index contributed by atoms with van der Waals surface area (Å²) >= 11 is 0. The second kappa shape index (κ2) is 48.3. The number of aromatic nitrogens is 2. The van der Waals surface area contributed by atoms with Gasteiger partial charge >= 0.3 is 0 Å². The molecule has 0 aromatic carbocycles. The molecule has 2 nitrogen and oxygen atoms in total. The lowest BCUT2D eigenvalue weighted by Crippen LogP contribution is -1.83. The summed E-state index contributed by atoms with van der Waals surface area (Å²) in [5.41, 5.74) is 2.35. The zero-order valence-electron chi connectivity index (χ0n) is 34.0. The van der Waals surface area contributed by atoms with Crippen molar-refractivity contribution in [1.29, 1.82) is 0 Å². The van der Waals surface area contributed by atoms with Gasteiger partial charge in [-0.05, 0) is 35.4 Å². The van der Waals surface area contributed by atoms with Crippen LogP contribution >= 0.6 is 34.0 Å². The largest absolute Gasteiger partial charge is 0.265 e. The standard InChI is InChI=1S/2C18H38.C10H8N2.2BrH/c2*1-3-5-7-9-11-13-15-17-18-16-14-12-10-8-6-4-2;1-5-11-6-2-9(1)10-3-7-12-8-4-10;;/h2*3-18H2,1-2H3;1-8H;2*1H. The van der Waals surface area contributed by atoms with E-state index in [2.05, 4.69) is 37.7 Å². The van der Waals surface area contributed by atoms with Crippen molar-refractivity contribution in [3.05, 3.63) is 49.1 Å². The van der Waals surface area contributed by atoms with E-state index in [9.17, 15) is 0 Å². The normalized spacial score (nSPS) is 10.2. The minimum absolute atomic E-state index is 0. The summed E-state index contributed by atoms with van der Waals surface area (Å²) in [6.45, 7) is 9.18. The second-order valence-electron chi connectivity index (χ2n) is 14.4. The van der Waals surface area contributed by atoms with Crippen LogP contribution in [0.5, 0.6) is 0 Å². The minimum Gasteiger partial charge on any atom is -0.265 e. The number of nitrogens with zero attached hydrogens (tertiary/aromatic N) is 2. The molecular weight excluding hydrogens is 740 g/mol. The lowest BCUT2D eigenvalue weighted by Gasteiger charge is -2.03. The molecular formula is C46H86Br2N2. The Morgan fingerprint density at radius 3 is 0.540 bits per heavy atom. The Kier molecular flexibility index (Phi) is 51.7. The summed E-state index contributed by atoms with van der Waals surface area (Å²) in [5.74, 6) is 0. The molecule has 0 fully saturated rings. The molecule has 0 unspecified atom stereocenters. The first kappa shape index (κ1) is 53.6. The maximum absolute atomic E-state index is 3.96. The number of hydrogen-bond acceptors (Lipinski definition) is 2. The molecule has 0 amide bonds. The first-order chi connectivity index (χ1) is 23.8. The van der Waals surface area contributed by atoms with Gasteiger partial charge in [-0.25, -0.2) is 0 Å². The Morgan fingerprint density at radius 2 is 0.400 bits per heavy atom. The molecule has 0 radical (unpaired) electrons. The summed E-state index contributed by atoms with van der Waals surface area (Å²) in [6.07, 6.45) is 54.0. The molecule has 2 aromatic heterocycles. The fourth-order valence-corrected chi connectivity index (χ4v) is 6.33. The van der Waals surface area contributed by atoms with Crippen molar-refractivity contribution in [3.63, 3.8) is 0 Å². The van der Waals surface area contributed by atoms with Gasteiger partial charge in [0, 0.05) is 24.8 Å². The average Bonchev–Trinajstić information content (AvgIpc) is 3.13. The highest BCUT2D eigenvalue weighted by Gasteiger charge is 1.96. The van der Waals surface area contributed by atoms with E-state index in [1.54, 1.807) is 24.8 Å². The fraction of sp³-hybridized carbons (Fsp3) is 0.783. The number of rotatable bonds is 31. The summed E-state index contributed by atoms with van der Waals surface area (Å²) < 4.78 is 0. The van der Waals surface area contributed by atoms with Gasteiger partial charge in [-0.1, -0.05) is 233 Å². The minimum atomic E-state index is 0. The summed E-state index contributed by atoms with van der Waals surface area (Å²) in [5, 5.41) is 0. The Morgan fingerprint density at radius 1 is 0.260 bits per heavy atom. The second-order valence-corrected chi connectivity index (χ2v) is 14.4. The van der Waals surface area contributed by atoms with Crippen LogP contribution in [0.2, 0.25) is 0 Å². The van der Waals surface area contributed by atoms with Gasteiger partial charge in [0.25, 0.3) is 0 Å². The maximum atomic E-state index is 3.96. The molecule has 0 spiro atoms. The predicted octanol–water partition coefficient (Wildman–Crippen LogP) is 17.8. The molecule has 0 aliphatic carbocycles. The van der Waals surface area contributed by atoms with Gasteiger partial charge < -0.3 is 0 Å².